The van der Waals surface area contributed by atoms with Gasteiger partial charge >= 0.3 is 6.03 Å². The normalized spacial score (nSPS) is 33.4. The second kappa shape index (κ2) is 6.69. The van der Waals surface area contributed by atoms with Crippen molar-refractivity contribution in [2.75, 3.05) is 13.1 Å². The summed E-state index contributed by atoms with van der Waals surface area (Å²) in [4.78, 5) is 19.7. The molecule has 1 N–H and O–H groups in total. The zero-order valence-electron chi connectivity index (χ0n) is 17.7. The van der Waals surface area contributed by atoms with E-state index in [1.54, 1.807) is 0 Å². The van der Waals surface area contributed by atoms with Crippen LogP contribution in [-0.4, -0.2) is 39.1 Å². The van der Waals surface area contributed by atoms with Gasteiger partial charge in [-0.2, -0.15) is 0 Å². The summed E-state index contributed by atoms with van der Waals surface area (Å²) < 4.78 is 15.8. The number of aromatic nitrogens is 2. The molecule has 30 heavy (non-hydrogen) atoms. The van der Waals surface area contributed by atoms with E-state index < -0.39 is 0 Å². The topological polar surface area (TPSA) is 50.2 Å². The molecule has 1 aliphatic heterocycles. The number of aryl methyl sites for hydroxylation is 1. The number of hydrogen-bond acceptors (Lipinski definition) is 2. The van der Waals surface area contributed by atoms with Crippen LogP contribution in [0.1, 0.15) is 63.2 Å². The van der Waals surface area contributed by atoms with Gasteiger partial charge in [-0.15, -0.1) is 0 Å². The third-order valence-corrected chi connectivity index (χ3v) is 8.36. The Bertz CT molecular complexity index is 955. The molecule has 1 aromatic heterocycles. The minimum Gasteiger partial charge on any atom is -0.333 e. The highest BCUT2D eigenvalue weighted by Crippen LogP contribution is 2.55. The van der Waals surface area contributed by atoms with E-state index in [2.05, 4.69) is 14.9 Å². The lowest BCUT2D eigenvalue weighted by molar-refractivity contribution is -0.0161. The van der Waals surface area contributed by atoms with Crippen LogP contribution in [-0.2, 0) is 0 Å². The molecular formula is C24H31FN4O. The summed E-state index contributed by atoms with van der Waals surface area (Å²) in [6.07, 6.45) is 9.58. The standard InChI is InChI=1S/C24H31FN4O/c1-15-26-21-11-19(25)2-3-22(21)29(15)20-4-6-28(7-5-20)23(30)27-24-12-16-8-17(13-24)10-18(9-16)14-24/h2-3,11,16-18,20H,4-10,12-14H2,1H3,(H,27,30). The number of nitrogens with one attached hydrogen (secondary N) is 1. The number of urea groups is 1. The molecule has 2 amide bonds. The Labute approximate surface area is 177 Å². The van der Waals surface area contributed by atoms with Crippen molar-refractivity contribution >= 4 is 17.1 Å². The van der Waals surface area contributed by atoms with E-state index in [1.807, 2.05) is 17.9 Å². The van der Waals surface area contributed by atoms with Gasteiger partial charge in [0.1, 0.15) is 11.6 Å². The van der Waals surface area contributed by atoms with Crippen LogP contribution in [0.2, 0.25) is 0 Å². The first-order valence-corrected chi connectivity index (χ1v) is 11.7. The van der Waals surface area contributed by atoms with Crippen molar-refractivity contribution in [1.82, 2.24) is 19.8 Å². The molecular weight excluding hydrogens is 379 g/mol. The number of piperidine rings is 1. The van der Waals surface area contributed by atoms with Crippen molar-refractivity contribution in [3.05, 3.63) is 29.8 Å². The van der Waals surface area contributed by atoms with Crippen molar-refractivity contribution in [3.8, 4) is 0 Å². The second-order valence-corrected chi connectivity index (χ2v) is 10.5. The fraction of sp³-hybridized carbons (Fsp3) is 0.667. The summed E-state index contributed by atoms with van der Waals surface area (Å²) in [6.45, 7) is 3.52. The van der Waals surface area contributed by atoms with E-state index in [-0.39, 0.29) is 17.4 Å². The van der Waals surface area contributed by atoms with E-state index in [1.165, 1.54) is 50.7 Å². The molecule has 1 aromatic carbocycles. The van der Waals surface area contributed by atoms with Crippen molar-refractivity contribution in [1.29, 1.82) is 0 Å². The number of fused-ring (bicyclic) bond motifs is 1. The van der Waals surface area contributed by atoms with Gasteiger partial charge in [0.2, 0.25) is 0 Å². The van der Waals surface area contributed by atoms with Gasteiger partial charge in [-0.1, -0.05) is 0 Å². The summed E-state index contributed by atoms with van der Waals surface area (Å²) in [5.74, 6) is 3.19. The Morgan fingerprint density at radius 3 is 2.37 bits per heavy atom. The van der Waals surface area contributed by atoms with Gasteiger partial charge < -0.3 is 14.8 Å². The number of carbonyl (C=O) groups excluding carboxylic acids is 1. The van der Waals surface area contributed by atoms with Crippen molar-refractivity contribution < 1.29 is 9.18 Å². The summed E-state index contributed by atoms with van der Waals surface area (Å²) in [5.41, 5.74) is 1.78. The number of halogens is 1. The lowest BCUT2D eigenvalue weighted by atomic mass is 9.53. The van der Waals surface area contributed by atoms with Gasteiger partial charge in [0.15, 0.2) is 0 Å². The predicted molar refractivity (Wildman–Crippen MR) is 114 cm³/mol. The Morgan fingerprint density at radius 1 is 1.10 bits per heavy atom. The third kappa shape index (κ3) is 3.02. The van der Waals surface area contributed by atoms with Crippen LogP contribution < -0.4 is 5.32 Å². The Kier molecular flexibility index (Phi) is 4.16. The van der Waals surface area contributed by atoms with Crippen LogP contribution in [0.25, 0.3) is 11.0 Å². The van der Waals surface area contributed by atoms with Crippen LogP contribution in [0, 0.1) is 30.5 Å². The third-order valence-electron chi connectivity index (χ3n) is 8.36. The molecule has 0 radical (unpaired) electrons. The number of imidazole rings is 1. The molecule has 0 spiro atoms. The number of nitrogens with zero attached hydrogens (tertiary/aromatic N) is 3. The van der Waals surface area contributed by atoms with E-state index in [9.17, 15) is 9.18 Å². The first kappa shape index (κ1) is 18.6. The lowest BCUT2D eigenvalue weighted by Crippen LogP contribution is -2.62. The van der Waals surface area contributed by atoms with Crippen molar-refractivity contribution in [2.45, 2.75) is 69.9 Å². The maximum atomic E-state index is 13.6. The van der Waals surface area contributed by atoms with Gasteiger partial charge in [-0.05, 0) is 88.2 Å². The monoisotopic (exact) mass is 410 g/mol. The molecule has 7 rings (SSSR count). The van der Waals surface area contributed by atoms with E-state index >= 15 is 0 Å². The molecule has 160 valence electrons. The highest BCUT2D eigenvalue weighted by atomic mass is 19.1. The molecule has 6 heteroatoms. The van der Waals surface area contributed by atoms with E-state index in [0.29, 0.717) is 6.04 Å². The highest BCUT2D eigenvalue weighted by Gasteiger charge is 2.51. The summed E-state index contributed by atoms with van der Waals surface area (Å²) in [5, 5.41) is 3.52. The summed E-state index contributed by atoms with van der Waals surface area (Å²) in [7, 11) is 0. The number of carbonyl (C=O) groups is 1. The molecule has 5 fully saturated rings. The van der Waals surface area contributed by atoms with Gasteiger partial charge in [0.25, 0.3) is 0 Å². The van der Waals surface area contributed by atoms with Crippen LogP contribution in [0.3, 0.4) is 0 Å². The molecule has 5 aliphatic rings. The molecule has 5 nitrogen and oxygen atoms in total. The van der Waals surface area contributed by atoms with Crippen LogP contribution in [0.4, 0.5) is 9.18 Å². The SMILES string of the molecule is Cc1nc2cc(F)ccc2n1C1CCN(C(=O)NC23CC4CC(CC(C4)C2)C3)CC1. The van der Waals surface area contributed by atoms with Gasteiger partial charge in [-0.25, -0.2) is 14.2 Å². The number of amides is 2. The predicted octanol–water partition coefficient (Wildman–Crippen LogP) is 4.80. The molecule has 0 unspecified atom stereocenters. The Morgan fingerprint density at radius 2 is 1.73 bits per heavy atom. The molecule has 4 aliphatic carbocycles. The van der Waals surface area contributed by atoms with Crippen LogP contribution in [0.5, 0.6) is 0 Å². The minimum absolute atomic E-state index is 0.0733. The molecule has 4 bridgehead atoms. The number of hydrogen-bond donors (Lipinski definition) is 1. The quantitative estimate of drug-likeness (QED) is 0.773. The molecule has 0 atom stereocenters. The van der Waals surface area contributed by atoms with Crippen molar-refractivity contribution in [3.63, 3.8) is 0 Å². The summed E-state index contributed by atoms with van der Waals surface area (Å²) >= 11 is 0. The van der Waals surface area contributed by atoms with Gasteiger partial charge in [-0.3, -0.25) is 0 Å². The van der Waals surface area contributed by atoms with Crippen molar-refractivity contribution in [2.24, 2.45) is 17.8 Å². The van der Waals surface area contributed by atoms with Crippen LogP contribution >= 0.6 is 0 Å². The number of rotatable bonds is 2. The Hall–Kier alpha value is -2.11. The van der Waals surface area contributed by atoms with E-state index in [0.717, 1.165) is 60.5 Å². The fourth-order valence-electron chi connectivity index (χ4n) is 7.55. The molecule has 1 saturated heterocycles. The Balaban J connectivity index is 1.13. The zero-order chi connectivity index (χ0) is 20.5. The van der Waals surface area contributed by atoms with Gasteiger partial charge in [0, 0.05) is 30.7 Å². The molecule has 4 saturated carbocycles. The smallest absolute Gasteiger partial charge is 0.317 e. The largest absolute Gasteiger partial charge is 0.333 e. The minimum atomic E-state index is -0.247. The van der Waals surface area contributed by atoms with Gasteiger partial charge in [0.05, 0.1) is 11.0 Å². The first-order chi connectivity index (χ1) is 14.5. The lowest BCUT2D eigenvalue weighted by Gasteiger charge is -2.57. The van der Waals surface area contributed by atoms with E-state index in [4.69, 9.17) is 0 Å². The maximum absolute atomic E-state index is 13.6. The molecule has 2 heterocycles. The fourth-order valence-corrected chi connectivity index (χ4v) is 7.55. The highest BCUT2D eigenvalue weighted by molar-refractivity contribution is 5.77. The average Bonchev–Trinajstić information content (AvgIpc) is 3.01. The van der Waals surface area contributed by atoms with Crippen LogP contribution in [0.15, 0.2) is 18.2 Å². The average molecular weight is 411 g/mol. The zero-order valence-corrected chi connectivity index (χ0v) is 17.7. The maximum Gasteiger partial charge on any atom is 0.317 e. The number of likely N-dealkylation sites (tertiary alicyclic amines) is 1. The number of benzene rings is 1. The second-order valence-electron chi connectivity index (χ2n) is 10.5. The first-order valence-electron chi connectivity index (χ1n) is 11.7. The molecule has 2 aromatic rings. The summed E-state index contributed by atoms with van der Waals surface area (Å²) in [6, 6.07) is 5.30.